The van der Waals surface area contributed by atoms with E-state index in [-0.39, 0.29) is 0 Å². The zero-order chi connectivity index (χ0) is 49.1. The van der Waals surface area contributed by atoms with Gasteiger partial charge in [0.1, 0.15) is 0 Å². The molecule has 0 aliphatic heterocycles. The van der Waals surface area contributed by atoms with Gasteiger partial charge in [0, 0.05) is 36.9 Å². The number of aromatic nitrogens is 2. The van der Waals surface area contributed by atoms with E-state index in [0.29, 0.717) is 5.82 Å². The van der Waals surface area contributed by atoms with Crippen LogP contribution in [0.25, 0.3) is 163 Å². The largest absolute Gasteiger partial charge is 0.228 e. The SMILES string of the molecule is c1ccc(-c2cc(-c3c4ccccc4c(-c4c5ccccc5c(-c5ccc6sc7cc8c9ccccc9c9cc%10ccccc%10cc9c8cc7c6c5)c5ccccc45)c4ccccc34)nc(-c3ccccc3)n2)cc1. The Morgan fingerprint density at radius 2 is 0.613 bits per heavy atom. The standard InChI is InChI=1S/C72H42N2S/c1-3-19-43(20-4-1)64-42-65(74-72(73-64)44-21-5-2-6-22-44)69-52-29-13-17-33-56(52)71(57-34-18-14-30-53(57)69)70-54-31-15-11-27-50(54)68(51-28-12-16-32-55(51)70)47-35-36-66-62(39-47)63-40-60-59-38-46-24-8-7-23-45(46)37-58(59)48-25-9-10-26-49(48)61(60)41-67(63)75-66/h1-42H. The molecule has 0 atom stereocenters. The van der Waals surface area contributed by atoms with Gasteiger partial charge in [-0.25, -0.2) is 9.97 Å². The van der Waals surface area contributed by atoms with E-state index in [0.717, 1.165) is 38.9 Å². The lowest BCUT2D eigenvalue weighted by molar-refractivity contribution is 1.19. The van der Waals surface area contributed by atoms with Crippen LogP contribution in [0.15, 0.2) is 255 Å². The topological polar surface area (TPSA) is 25.8 Å². The normalized spacial score (nSPS) is 12.0. The molecule has 0 N–H and O–H groups in total. The first-order valence-corrected chi connectivity index (χ1v) is 26.5. The molecule has 3 heteroatoms. The van der Waals surface area contributed by atoms with Crippen LogP contribution in [0.4, 0.5) is 0 Å². The van der Waals surface area contributed by atoms with Crippen LogP contribution in [0.1, 0.15) is 0 Å². The summed E-state index contributed by atoms with van der Waals surface area (Å²) in [6, 6.07) is 93.7. The molecule has 0 aliphatic rings. The monoisotopic (exact) mass is 966 g/mol. The maximum Gasteiger partial charge on any atom is 0.160 e. The highest BCUT2D eigenvalue weighted by Gasteiger charge is 2.24. The Labute approximate surface area is 436 Å². The fraction of sp³-hybridized carbons (Fsp3) is 0. The highest BCUT2D eigenvalue weighted by molar-refractivity contribution is 7.26. The van der Waals surface area contributed by atoms with Gasteiger partial charge in [-0.1, -0.05) is 212 Å². The molecule has 14 aromatic carbocycles. The Kier molecular flexibility index (Phi) is 9.24. The van der Waals surface area contributed by atoms with Crippen molar-refractivity contribution in [1.82, 2.24) is 9.97 Å². The summed E-state index contributed by atoms with van der Waals surface area (Å²) in [5, 5.41) is 22.5. The molecule has 0 spiro atoms. The van der Waals surface area contributed by atoms with Crippen molar-refractivity contribution in [2.45, 2.75) is 0 Å². The van der Waals surface area contributed by atoms with Gasteiger partial charge in [0.25, 0.3) is 0 Å². The van der Waals surface area contributed by atoms with Crippen LogP contribution >= 0.6 is 11.3 Å². The molecular formula is C72H42N2S. The molecule has 346 valence electrons. The summed E-state index contributed by atoms with van der Waals surface area (Å²) >= 11 is 1.90. The van der Waals surface area contributed by atoms with Crippen molar-refractivity contribution in [3.05, 3.63) is 255 Å². The summed E-state index contributed by atoms with van der Waals surface area (Å²) in [6.07, 6.45) is 0. The third-order valence-electron chi connectivity index (χ3n) is 15.8. The molecule has 0 fully saturated rings. The summed E-state index contributed by atoms with van der Waals surface area (Å²) < 4.78 is 2.60. The van der Waals surface area contributed by atoms with Crippen molar-refractivity contribution in [2.75, 3.05) is 0 Å². The van der Waals surface area contributed by atoms with Crippen LogP contribution in [-0.2, 0) is 0 Å². The number of hydrogen-bond donors (Lipinski definition) is 0. The lowest BCUT2D eigenvalue weighted by Gasteiger charge is -2.22. The van der Waals surface area contributed by atoms with Gasteiger partial charge in [0.15, 0.2) is 5.82 Å². The van der Waals surface area contributed by atoms with Crippen LogP contribution in [0, 0.1) is 0 Å². The molecule has 16 rings (SSSR count). The molecule has 16 aromatic rings. The van der Waals surface area contributed by atoms with Crippen LogP contribution in [-0.4, -0.2) is 9.97 Å². The van der Waals surface area contributed by atoms with E-state index in [1.165, 1.54) is 118 Å². The Bertz CT molecular complexity index is 4880. The molecule has 0 radical (unpaired) electrons. The second kappa shape index (κ2) is 16.5. The van der Waals surface area contributed by atoms with E-state index in [2.05, 4.69) is 249 Å². The van der Waals surface area contributed by atoms with E-state index >= 15 is 0 Å². The summed E-state index contributed by atoms with van der Waals surface area (Å²) in [4.78, 5) is 10.6. The molecule has 0 aliphatic carbocycles. The maximum atomic E-state index is 5.42. The first-order chi connectivity index (χ1) is 37.2. The number of thiophene rings is 1. The van der Waals surface area contributed by atoms with Gasteiger partial charge in [0.05, 0.1) is 11.4 Å². The highest BCUT2D eigenvalue weighted by Crippen LogP contribution is 2.51. The summed E-state index contributed by atoms with van der Waals surface area (Å²) in [5.74, 6) is 0.703. The van der Waals surface area contributed by atoms with Gasteiger partial charge >= 0.3 is 0 Å². The summed E-state index contributed by atoms with van der Waals surface area (Å²) in [6.45, 7) is 0. The van der Waals surface area contributed by atoms with E-state index in [9.17, 15) is 0 Å². The van der Waals surface area contributed by atoms with Gasteiger partial charge in [-0.15, -0.1) is 11.3 Å². The van der Waals surface area contributed by atoms with Gasteiger partial charge in [-0.3, -0.25) is 0 Å². The predicted molar refractivity (Wildman–Crippen MR) is 322 cm³/mol. The quantitative estimate of drug-likeness (QED) is 0.127. The molecule has 0 bridgehead atoms. The van der Waals surface area contributed by atoms with Crippen molar-refractivity contribution >= 4 is 118 Å². The Morgan fingerprint density at radius 3 is 1.16 bits per heavy atom. The lowest BCUT2D eigenvalue weighted by atomic mass is 9.81. The van der Waals surface area contributed by atoms with Crippen LogP contribution in [0.3, 0.4) is 0 Å². The molecule has 75 heavy (non-hydrogen) atoms. The molecular weight excluding hydrogens is 925 g/mol. The Balaban J connectivity index is 0.945. The lowest BCUT2D eigenvalue weighted by Crippen LogP contribution is -1.98. The minimum atomic E-state index is 0.703. The van der Waals surface area contributed by atoms with E-state index in [1.54, 1.807) is 0 Å². The minimum Gasteiger partial charge on any atom is -0.228 e. The van der Waals surface area contributed by atoms with Gasteiger partial charge in [-0.2, -0.15) is 0 Å². The second-order valence-corrected chi connectivity index (χ2v) is 21.0. The zero-order valence-electron chi connectivity index (χ0n) is 40.6. The zero-order valence-corrected chi connectivity index (χ0v) is 41.4. The third kappa shape index (κ3) is 6.45. The minimum absolute atomic E-state index is 0.703. The molecule has 0 saturated carbocycles. The van der Waals surface area contributed by atoms with Crippen molar-refractivity contribution < 1.29 is 0 Å². The van der Waals surface area contributed by atoms with Crippen molar-refractivity contribution in [3.8, 4) is 56.2 Å². The van der Waals surface area contributed by atoms with Gasteiger partial charge in [0.2, 0.25) is 0 Å². The van der Waals surface area contributed by atoms with E-state index < -0.39 is 0 Å². The fourth-order valence-electron chi connectivity index (χ4n) is 12.5. The van der Waals surface area contributed by atoms with Crippen LogP contribution in [0.5, 0.6) is 0 Å². The Morgan fingerprint density at radius 1 is 0.213 bits per heavy atom. The number of hydrogen-bond acceptors (Lipinski definition) is 3. The summed E-state index contributed by atoms with van der Waals surface area (Å²) in [7, 11) is 0. The average Bonchev–Trinajstić information content (AvgIpc) is 3.90. The summed E-state index contributed by atoms with van der Waals surface area (Å²) in [5.41, 5.74) is 9.85. The first-order valence-electron chi connectivity index (χ1n) is 25.7. The molecule has 0 saturated heterocycles. The number of rotatable bonds is 5. The predicted octanol–water partition coefficient (Wildman–Crippen LogP) is 20.4. The van der Waals surface area contributed by atoms with Crippen molar-refractivity contribution in [3.63, 3.8) is 0 Å². The maximum absolute atomic E-state index is 5.42. The van der Waals surface area contributed by atoms with Crippen LogP contribution in [0.2, 0.25) is 0 Å². The van der Waals surface area contributed by atoms with E-state index in [4.69, 9.17) is 9.97 Å². The van der Waals surface area contributed by atoms with Gasteiger partial charge < -0.3 is 0 Å². The van der Waals surface area contributed by atoms with Crippen LogP contribution < -0.4 is 0 Å². The molecule has 0 unspecified atom stereocenters. The third-order valence-corrected chi connectivity index (χ3v) is 16.9. The fourth-order valence-corrected chi connectivity index (χ4v) is 13.6. The molecule has 2 heterocycles. The second-order valence-electron chi connectivity index (χ2n) is 19.9. The number of fused-ring (bicyclic) bond motifs is 14. The molecule has 0 amide bonds. The first kappa shape index (κ1) is 42.0. The van der Waals surface area contributed by atoms with Gasteiger partial charge in [-0.05, 0) is 151 Å². The smallest absolute Gasteiger partial charge is 0.160 e. The number of nitrogens with zero attached hydrogens (tertiary/aromatic N) is 2. The molecule has 2 aromatic heterocycles. The number of benzene rings is 14. The average molecular weight is 967 g/mol. The molecule has 2 nitrogen and oxygen atoms in total. The Hall–Kier alpha value is -9.54. The highest BCUT2D eigenvalue weighted by atomic mass is 32.1. The van der Waals surface area contributed by atoms with Crippen molar-refractivity contribution in [1.29, 1.82) is 0 Å². The van der Waals surface area contributed by atoms with Crippen molar-refractivity contribution in [2.24, 2.45) is 0 Å². The van der Waals surface area contributed by atoms with E-state index in [1.807, 2.05) is 17.4 Å².